The van der Waals surface area contributed by atoms with Crippen LogP contribution in [0.2, 0.25) is 0 Å². The molecule has 4 nitrogen and oxygen atoms in total. The quantitative estimate of drug-likeness (QED) is 0.791. The van der Waals surface area contributed by atoms with E-state index in [-0.39, 0.29) is 0 Å². The minimum Gasteiger partial charge on any atom is -0.496 e. The second kappa shape index (κ2) is 5.32. The van der Waals surface area contributed by atoms with Crippen LogP contribution in [-0.4, -0.2) is 20.3 Å². The number of nitrogens with zero attached hydrogens (tertiary/aromatic N) is 1. The molecule has 0 unspecified atom stereocenters. The molecule has 0 saturated heterocycles. The molecule has 0 aliphatic carbocycles. The minimum atomic E-state index is -0.430. The van der Waals surface area contributed by atoms with E-state index in [1.54, 1.807) is 12.0 Å². The van der Waals surface area contributed by atoms with Crippen molar-refractivity contribution in [2.24, 2.45) is 0 Å². The number of ether oxygens (including phenoxy) is 2. The summed E-state index contributed by atoms with van der Waals surface area (Å²) in [5.74, 6) is 0.712. The summed E-state index contributed by atoms with van der Waals surface area (Å²) < 4.78 is 10.4. The molecule has 3 rings (SSSR count). The van der Waals surface area contributed by atoms with Crippen molar-refractivity contribution in [2.75, 3.05) is 19.1 Å². The van der Waals surface area contributed by atoms with Gasteiger partial charge >= 0.3 is 6.09 Å². The van der Waals surface area contributed by atoms with Crippen LogP contribution in [0.25, 0.3) is 11.8 Å². The summed E-state index contributed by atoms with van der Waals surface area (Å²) in [5.41, 5.74) is 3.25. The van der Waals surface area contributed by atoms with E-state index in [1.165, 1.54) is 7.11 Å². The van der Waals surface area contributed by atoms with Crippen molar-refractivity contribution >= 4 is 29.3 Å². The maximum absolute atomic E-state index is 12.3. The molecule has 4 heteroatoms. The Morgan fingerprint density at radius 1 is 0.952 bits per heavy atom. The van der Waals surface area contributed by atoms with Crippen molar-refractivity contribution in [3.8, 4) is 0 Å². The normalized spacial score (nSPS) is 12.7. The monoisotopic (exact) mass is 281 g/mol. The van der Waals surface area contributed by atoms with Gasteiger partial charge in [0.05, 0.1) is 25.6 Å². The molecule has 1 heterocycles. The topological polar surface area (TPSA) is 38.8 Å². The van der Waals surface area contributed by atoms with E-state index >= 15 is 0 Å². The van der Waals surface area contributed by atoms with Crippen molar-refractivity contribution < 1.29 is 14.3 Å². The molecule has 21 heavy (non-hydrogen) atoms. The molecule has 2 aromatic carbocycles. The highest BCUT2D eigenvalue weighted by Crippen LogP contribution is 2.40. The second-order valence-electron chi connectivity index (χ2n) is 4.59. The fourth-order valence-corrected chi connectivity index (χ4v) is 2.50. The highest BCUT2D eigenvalue weighted by atomic mass is 16.5. The lowest BCUT2D eigenvalue weighted by Crippen LogP contribution is -2.26. The largest absolute Gasteiger partial charge is 0.496 e. The van der Waals surface area contributed by atoms with E-state index in [0.29, 0.717) is 5.76 Å². The Morgan fingerprint density at radius 3 is 2.33 bits per heavy atom. The summed E-state index contributed by atoms with van der Waals surface area (Å²) in [4.78, 5) is 13.8. The van der Waals surface area contributed by atoms with Crippen LogP contribution in [0.15, 0.2) is 48.5 Å². The number of carbonyl (C=O) groups is 1. The third-order valence-electron chi connectivity index (χ3n) is 3.45. The van der Waals surface area contributed by atoms with Gasteiger partial charge in [0, 0.05) is 11.1 Å². The maximum atomic E-state index is 12.3. The summed E-state index contributed by atoms with van der Waals surface area (Å²) in [6.45, 7) is 0. The zero-order valence-electron chi connectivity index (χ0n) is 11.9. The summed E-state index contributed by atoms with van der Waals surface area (Å²) in [6, 6.07) is 15.2. The molecule has 1 amide bonds. The molecule has 0 N–H and O–H groups in total. The van der Waals surface area contributed by atoms with Gasteiger partial charge in [-0.15, -0.1) is 0 Å². The van der Waals surface area contributed by atoms with Gasteiger partial charge in [-0.05, 0) is 24.3 Å². The lowest BCUT2D eigenvalue weighted by atomic mass is 10.1. The van der Waals surface area contributed by atoms with Gasteiger partial charge in [0.2, 0.25) is 0 Å². The first kappa shape index (κ1) is 13.2. The number of para-hydroxylation sites is 2. The average molecular weight is 281 g/mol. The molecule has 1 aliphatic heterocycles. The number of fused-ring (bicyclic) bond motifs is 2. The zero-order valence-corrected chi connectivity index (χ0v) is 11.9. The molecule has 0 radical (unpaired) electrons. The van der Waals surface area contributed by atoms with Gasteiger partial charge in [0.15, 0.2) is 0 Å². The maximum Gasteiger partial charge on any atom is 0.418 e. The molecular weight excluding hydrogens is 266 g/mol. The van der Waals surface area contributed by atoms with Crippen LogP contribution in [0.5, 0.6) is 0 Å². The Kier molecular flexibility index (Phi) is 3.36. The van der Waals surface area contributed by atoms with Crippen LogP contribution in [-0.2, 0) is 9.47 Å². The lowest BCUT2D eigenvalue weighted by molar-refractivity contribution is 0.181. The van der Waals surface area contributed by atoms with Gasteiger partial charge in [-0.25, -0.2) is 9.69 Å². The van der Waals surface area contributed by atoms with Crippen LogP contribution in [0.4, 0.5) is 16.2 Å². The summed E-state index contributed by atoms with van der Waals surface area (Å²) in [5, 5.41) is 0. The predicted molar refractivity (Wildman–Crippen MR) is 82.3 cm³/mol. The summed E-state index contributed by atoms with van der Waals surface area (Å²) >= 11 is 0. The lowest BCUT2D eigenvalue weighted by Gasteiger charge is -2.23. The molecule has 0 atom stereocenters. The molecule has 0 bridgehead atoms. The standard InChI is InChI=1S/C17H15NO3/c1-20-16-11-12-7-3-5-9-14(12)18(17(19)21-2)15-10-6-4-8-13(15)16/h3-11H,1-2H3. The molecule has 0 saturated carbocycles. The number of rotatable bonds is 1. The Balaban J connectivity index is 2.32. The molecular formula is C17H15NO3. The van der Waals surface area contributed by atoms with Gasteiger partial charge in [0.25, 0.3) is 0 Å². The SMILES string of the molecule is COC(=O)N1c2ccccc2C=C(OC)c2ccccc21. The van der Waals surface area contributed by atoms with Crippen LogP contribution in [0.1, 0.15) is 11.1 Å². The number of hydrogen-bond acceptors (Lipinski definition) is 3. The molecule has 0 fully saturated rings. The first-order valence-electron chi connectivity index (χ1n) is 6.58. The van der Waals surface area contributed by atoms with Gasteiger partial charge in [-0.2, -0.15) is 0 Å². The van der Waals surface area contributed by atoms with Gasteiger partial charge < -0.3 is 9.47 Å². The Bertz CT molecular complexity index is 721. The summed E-state index contributed by atoms with van der Waals surface area (Å²) in [6.07, 6.45) is 1.50. The van der Waals surface area contributed by atoms with Crippen LogP contribution >= 0.6 is 0 Å². The number of methoxy groups -OCH3 is 2. The predicted octanol–water partition coefficient (Wildman–Crippen LogP) is 4.05. The number of hydrogen-bond donors (Lipinski definition) is 0. The highest BCUT2D eigenvalue weighted by Gasteiger charge is 2.27. The van der Waals surface area contributed by atoms with Crippen LogP contribution in [0.3, 0.4) is 0 Å². The van der Waals surface area contributed by atoms with E-state index in [2.05, 4.69) is 0 Å². The van der Waals surface area contributed by atoms with Crippen molar-refractivity contribution in [3.05, 3.63) is 59.7 Å². The molecule has 106 valence electrons. The Labute approximate surface area is 123 Å². The molecule has 0 spiro atoms. The van der Waals surface area contributed by atoms with Crippen molar-refractivity contribution in [2.45, 2.75) is 0 Å². The average Bonchev–Trinajstić information content (AvgIpc) is 2.68. The van der Waals surface area contributed by atoms with Crippen molar-refractivity contribution in [3.63, 3.8) is 0 Å². The zero-order chi connectivity index (χ0) is 14.8. The number of carbonyl (C=O) groups excluding carboxylic acids is 1. The Morgan fingerprint density at radius 2 is 1.62 bits per heavy atom. The highest BCUT2D eigenvalue weighted by molar-refractivity contribution is 6.04. The third kappa shape index (κ3) is 2.14. The molecule has 2 aromatic rings. The van der Waals surface area contributed by atoms with Gasteiger partial charge in [-0.1, -0.05) is 30.3 Å². The minimum absolute atomic E-state index is 0.430. The fraction of sp³-hybridized carbons (Fsp3) is 0.118. The van der Waals surface area contributed by atoms with Gasteiger partial charge in [-0.3, -0.25) is 0 Å². The van der Waals surface area contributed by atoms with Crippen LogP contribution in [0, 0.1) is 0 Å². The number of benzene rings is 2. The van der Waals surface area contributed by atoms with Crippen molar-refractivity contribution in [1.82, 2.24) is 0 Å². The second-order valence-corrected chi connectivity index (χ2v) is 4.59. The van der Waals surface area contributed by atoms with Crippen LogP contribution < -0.4 is 4.90 Å². The van der Waals surface area contributed by atoms with E-state index in [9.17, 15) is 4.79 Å². The fourth-order valence-electron chi connectivity index (χ4n) is 2.50. The number of anilines is 2. The van der Waals surface area contributed by atoms with Gasteiger partial charge in [0.1, 0.15) is 5.76 Å². The van der Waals surface area contributed by atoms with Crippen molar-refractivity contribution in [1.29, 1.82) is 0 Å². The Hall–Kier alpha value is -2.75. The molecule has 0 aromatic heterocycles. The molecule has 1 aliphatic rings. The van der Waals surface area contributed by atoms with E-state index in [1.807, 2.05) is 54.6 Å². The summed E-state index contributed by atoms with van der Waals surface area (Å²) in [7, 11) is 3.00. The smallest absolute Gasteiger partial charge is 0.418 e. The van der Waals surface area contributed by atoms with E-state index < -0.39 is 6.09 Å². The number of amides is 1. The third-order valence-corrected chi connectivity index (χ3v) is 3.45. The van der Waals surface area contributed by atoms with E-state index in [4.69, 9.17) is 9.47 Å². The first-order chi connectivity index (χ1) is 10.3. The van der Waals surface area contributed by atoms with E-state index in [0.717, 1.165) is 22.5 Å². The first-order valence-corrected chi connectivity index (χ1v) is 6.58.